The van der Waals surface area contributed by atoms with E-state index >= 15 is 0 Å². The van der Waals surface area contributed by atoms with Crippen LogP contribution in [0.25, 0.3) is 0 Å². The van der Waals surface area contributed by atoms with Gasteiger partial charge in [0, 0.05) is 6.04 Å². The smallest absolute Gasteiger partial charge is 0.244 e. The highest BCUT2D eigenvalue weighted by atomic mass is 35.5. The van der Waals surface area contributed by atoms with Gasteiger partial charge < -0.3 is 10.6 Å². The van der Waals surface area contributed by atoms with Crippen LogP contribution in [0.3, 0.4) is 0 Å². The lowest BCUT2D eigenvalue weighted by Crippen LogP contribution is -2.23. The lowest BCUT2D eigenvalue weighted by atomic mass is 9.96. The van der Waals surface area contributed by atoms with Crippen molar-refractivity contribution in [3.05, 3.63) is 34.4 Å². The van der Waals surface area contributed by atoms with E-state index in [0.717, 1.165) is 12.8 Å². The Morgan fingerprint density at radius 1 is 1.09 bits per heavy atom. The summed E-state index contributed by atoms with van der Waals surface area (Å²) in [7, 11) is 0. The molecule has 2 aromatic rings. The van der Waals surface area contributed by atoms with Crippen molar-refractivity contribution < 1.29 is 0 Å². The zero-order valence-electron chi connectivity index (χ0n) is 12.0. The SMILES string of the molecule is Clc1cccc(Nc2cnnc(NC3CCCCC3)n2)c1Cl. The number of hydrogen-bond acceptors (Lipinski definition) is 5. The molecule has 2 N–H and O–H groups in total. The van der Waals surface area contributed by atoms with Gasteiger partial charge in [-0.3, -0.25) is 0 Å². The van der Waals surface area contributed by atoms with Crippen molar-refractivity contribution in [3.63, 3.8) is 0 Å². The monoisotopic (exact) mass is 337 g/mol. The summed E-state index contributed by atoms with van der Waals surface area (Å²) < 4.78 is 0. The largest absolute Gasteiger partial charge is 0.350 e. The number of rotatable bonds is 4. The van der Waals surface area contributed by atoms with E-state index < -0.39 is 0 Å². The van der Waals surface area contributed by atoms with Crippen molar-refractivity contribution in [2.24, 2.45) is 0 Å². The summed E-state index contributed by atoms with van der Waals surface area (Å²) in [5.41, 5.74) is 0.693. The molecule has 1 aromatic carbocycles. The van der Waals surface area contributed by atoms with Gasteiger partial charge in [0.15, 0.2) is 5.82 Å². The van der Waals surface area contributed by atoms with Gasteiger partial charge in [-0.2, -0.15) is 10.1 Å². The maximum Gasteiger partial charge on any atom is 0.244 e. The minimum Gasteiger partial charge on any atom is -0.350 e. The Balaban J connectivity index is 1.72. The predicted octanol–water partition coefficient (Wildman–Crippen LogP) is 4.67. The highest BCUT2D eigenvalue weighted by Gasteiger charge is 2.14. The van der Waals surface area contributed by atoms with Gasteiger partial charge in [0.1, 0.15) is 0 Å². The minimum absolute atomic E-state index is 0.431. The molecule has 1 aliphatic rings. The Bertz CT molecular complexity index is 644. The Labute approximate surface area is 139 Å². The number of nitrogens with zero attached hydrogens (tertiary/aromatic N) is 3. The summed E-state index contributed by atoms with van der Waals surface area (Å²) in [5, 5.41) is 15.5. The van der Waals surface area contributed by atoms with Crippen LogP contribution in [0.15, 0.2) is 24.4 Å². The minimum atomic E-state index is 0.431. The third kappa shape index (κ3) is 3.78. The summed E-state index contributed by atoms with van der Waals surface area (Å²) in [6.07, 6.45) is 7.68. The second-order valence-corrected chi connectivity index (χ2v) is 6.16. The first-order chi connectivity index (χ1) is 10.7. The van der Waals surface area contributed by atoms with Crippen molar-refractivity contribution >= 4 is 40.7 Å². The molecule has 1 saturated carbocycles. The highest BCUT2D eigenvalue weighted by Crippen LogP contribution is 2.31. The van der Waals surface area contributed by atoms with E-state index in [4.69, 9.17) is 23.2 Å². The normalized spacial score (nSPS) is 15.5. The molecule has 3 rings (SSSR count). The van der Waals surface area contributed by atoms with Crippen molar-refractivity contribution in [2.75, 3.05) is 10.6 Å². The van der Waals surface area contributed by atoms with Crippen LogP contribution in [-0.2, 0) is 0 Å². The van der Waals surface area contributed by atoms with Gasteiger partial charge in [-0.05, 0) is 25.0 Å². The van der Waals surface area contributed by atoms with Crippen LogP contribution in [0.2, 0.25) is 10.0 Å². The maximum absolute atomic E-state index is 6.16. The molecule has 0 radical (unpaired) electrons. The number of nitrogens with one attached hydrogen (secondary N) is 2. The summed E-state index contributed by atoms with van der Waals surface area (Å²) in [5.74, 6) is 1.12. The van der Waals surface area contributed by atoms with E-state index in [1.165, 1.54) is 19.3 Å². The van der Waals surface area contributed by atoms with Gasteiger partial charge >= 0.3 is 0 Å². The number of hydrogen-bond donors (Lipinski definition) is 2. The highest BCUT2D eigenvalue weighted by molar-refractivity contribution is 6.43. The van der Waals surface area contributed by atoms with E-state index in [9.17, 15) is 0 Å². The van der Waals surface area contributed by atoms with E-state index in [-0.39, 0.29) is 0 Å². The second kappa shape index (κ2) is 7.11. The fourth-order valence-electron chi connectivity index (χ4n) is 2.59. The van der Waals surface area contributed by atoms with Gasteiger partial charge in [0.05, 0.1) is 21.9 Å². The third-order valence-corrected chi connectivity index (χ3v) is 4.53. The quantitative estimate of drug-likeness (QED) is 0.848. The van der Waals surface area contributed by atoms with Crippen molar-refractivity contribution in [3.8, 4) is 0 Å². The van der Waals surface area contributed by atoms with E-state index in [1.807, 2.05) is 12.1 Å². The molecule has 22 heavy (non-hydrogen) atoms. The fourth-order valence-corrected chi connectivity index (χ4v) is 2.94. The molecule has 1 aromatic heterocycles. The molecule has 0 saturated heterocycles. The summed E-state index contributed by atoms with van der Waals surface area (Å²) in [6, 6.07) is 5.83. The van der Waals surface area contributed by atoms with Gasteiger partial charge in [-0.15, -0.1) is 5.10 Å². The van der Waals surface area contributed by atoms with Crippen LogP contribution >= 0.6 is 23.2 Å². The molecular formula is C15H17Cl2N5. The first-order valence-corrected chi connectivity index (χ1v) is 8.15. The molecular weight excluding hydrogens is 321 g/mol. The van der Waals surface area contributed by atoms with E-state index in [0.29, 0.717) is 33.5 Å². The number of aromatic nitrogens is 3. The van der Waals surface area contributed by atoms with Crippen molar-refractivity contribution in [2.45, 2.75) is 38.1 Å². The van der Waals surface area contributed by atoms with Crippen LogP contribution in [0, 0.1) is 0 Å². The molecule has 0 bridgehead atoms. The van der Waals surface area contributed by atoms with Gasteiger partial charge in [0.25, 0.3) is 0 Å². The Morgan fingerprint density at radius 3 is 2.73 bits per heavy atom. The molecule has 7 heteroatoms. The first-order valence-electron chi connectivity index (χ1n) is 7.39. The lowest BCUT2D eigenvalue weighted by Gasteiger charge is -2.22. The number of halogens is 2. The summed E-state index contributed by atoms with van der Waals surface area (Å²) in [4.78, 5) is 4.44. The molecule has 0 spiro atoms. The second-order valence-electron chi connectivity index (χ2n) is 5.37. The molecule has 116 valence electrons. The summed E-state index contributed by atoms with van der Waals surface area (Å²) in [6.45, 7) is 0. The molecule has 0 unspecified atom stereocenters. The molecule has 0 aliphatic heterocycles. The van der Waals surface area contributed by atoms with E-state index in [2.05, 4.69) is 25.8 Å². The predicted molar refractivity (Wildman–Crippen MR) is 90.1 cm³/mol. The Morgan fingerprint density at radius 2 is 1.91 bits per heavy atom. The Kier molecular flexibility index (Phi) is 4.95. The topological polar surface area (TPSA) is 62.7 Å². The first kappa shape index (κ1) is 15.3. The van der Waals surface area contributed by atoms with Crippen molar-refractivity contribution in [1.29, 1.82) is 0 Å². The average Bonchev–Trinajstić information content (AvgIpc) is 2.53. The van der Waals surface area contributed by atoms with Crippen LogP contribution < -0.4 is 10.6 Å². The number of anilines is 3. The molecule has 1 fully saturated rings. The molecule has 5 nitrogen and oxygen atoms in total. The average molecular weight is 338 g/mol. The molecule has 0 amide bonds. The van der Waals surface area contributed by atoms with E-state index in [1.54, 1.807) is 12.3 Å². The van der Waals surface area contributed by atoms with Crippen LogP contribution in [0.4, 0.5) is 17.5 Å². The zero-order valence-corrected chi connectivity index (χ0v) is 13.5. The lowest BCUT2D eigenvalue weighted by molar-refractivity contribution is 0.460. The maximum atomic E-state index is 6.16. The molecule has 1 aliphatic carbocycles. The summed E-state index contributed by atoms with van der Waals surface area (Å²) >= 11 is 12.2. The van der Waals surface area contributed by atoms with Crippen LogP contribution in [0.1, 0.15) is 32.1 Å². The third-order valence-electron chi connectivity index (χ3n) is 3.71. The van der Waals surface area contributed by atoms with Crippen LogP contribution in [-0.4, -0.2) is 21.2 Å². The standard InChI is InChI=1S/C15H17Cl2N5/c16-11-7-4-8-12(14(11)17)20-13-9-18-22-15(21-13)19-10-5-2-1-3-6-10/h4,7-10H,1-3,5-6H2,(H2,19,20,21,22). The molecule has 1 heterocycles. The zero-order chi connectivity index (χ0) is 15.4. The molecule has 0 atom stereocenters. The van der Waals surface area contributed by atoms with Gasteiger partial charge in [0.2, 0.25) is 5.95 Å². The van der Waals surface area contributed by atoms with Crippen LogP contribution in [0.5, 0.6) is 0 Å². The number of benzene rings is 1. The van der Waals surface area contributed by atoms with Gasteiger partial charge in [-0.25, -0.2) is 0 Å². The Hall–Kier alpha value is -1.59. The fraction of sp³-hybridized carbons (Fsp3) is 0.400. The van der Waals surface area contributed by atoms with Gasteiger partial charge in [-0.1, -0.05) is 48.5 Å². The van der Waals surface area contributed by atoms with Crippen molar-refractivity contribution in [1.82, 2.24) is 15.2 Å².